The molecule has 0 amide bonds. The van der Waals surface area contributed by atoms with Crippen LogP contribution in [0.25, 0.3) is 0 Å². The molecule has 1 heterocycles. The molecule has 1 fully saturated rings. The van der Waals surface area contributed by atoms with Gasteiger partial charge in [0.05, 0.1) is 6.61 Å². The lowest BCUT2D eigenvalue weighted by Gasteiger charge is -2.36. The molecular formula is C20H25N3O. The van der Waals surface area contributed by atoms with E-state index < -0.39 is 0 Å². The minimum absolute atomic E-state index is 0.641. The molecular weight excluding hydrogens is 298 g/mol. The predicted octanol–water partition coefficient (Wildman–Crippen LogP) is 3.10. The van der Waals surface area contributed by atoms with Crippen LogP contribution in [0.2, 0.25) is 0 Å². The Labute approximate surface area is 144 Å². The van der Waals surface area contributed by atoms with Crippen LogP contribution < -0.4 is 4.74 Å². The fourth-order valence-corrected chi connectivity index (χ4v) is 2.97. The predicted molar refractivity (Wildman–Crippen MR) is 97.8 cm³/mol. The highest BCUT2D eigenvalue weighted by molar-refractivity contribution is 5.96. The van der Waals surface area contributed by atoms with E-state index in [1.165, 1.54) is 0 Å². The van der Waals surface area contributed by atoms with Crippen molar-refractivity contribution in [2.24, 2.45) is 0 Å². The summed E-state index contributed by atoms with van der Waals surface area (Å²) in [4.78, 5) is 4.63. The molecule has 0 aliphatic carbocycles. The molecule has 0 atom stereocenters. The van der Waals surface area contributed by atoms with Crippen molar-refractivity contribution in [1.29, 1.82) is 5.41 Å². The van der Waals surface area contributed by atoms with Crippen LogP contribution >= 0.6 is 0 Å². The number of rotatable bonds is 6. The zero-order valence-corrected chi connectivity index (χ0v) is 14.0. The molecule has 0 saturated carbocycles. The van der Waals surface area contributed by atoms with Crippen LogP contribution in [0, 0.1) is 5.41 Å². The summed E-state index contributed by atoms with van der Waals surface area (Å²) in [5.41, 5.74) is 1.00. The van der Waals surface area contributed by atoms with E-state index in [0.717, 1.165) is 57.1 Å². The van der Waals surface area contributed by atoms with Crippen molar-refractivity contribution in [2.45, 2.75) is 6.42 Å². The van der Waals surface area contributed by atoms with Crippen molar-refractivity contribution in [1.82, 2.24) is 9.80 Å². The lowest BCUT2D eigenvalue weighted by atomic mass is 10.1. The van der Waals surface area contributed by atoms with Gasteiger partial charge in [-0.15, -0.1) is 0 Å². The molecule has 1 N–H and O–H groups in total. The first kappa shape index (κ1) is 16.5. The molecule has 0 unspecified atom stereocenters. The van der Waals surface area contributed by atoms with Crippen LogP contribution in [-0.2, 0) is 0 Å². The monoisotopic (exact) mass is 323 g/mol. The second-order valence-electron chi connectivity index (χ2n) is 6.06. The Bertz CT molecular complexity index is 622. The smallest absolute Gasteiger partial charge is 0.128 e. The Morgan fingerprint density at radius 2 is 1.50 bits per heavy atom. The topological polar surface area (TPSA) is 39.6 Å². The summed E-state index contributed by atoms with van der Waals surface area (Å²) in [5.74, 6) is 1.58. The number of nitrogens with one attached hydrogen (secondary N) is 1. The molecule has 0 spiro atoms. The van der Waals surface area contributed by atoms with Gasteiger partial charge in [0.15, 0.2) is 0 Å². The first-order chi connectivity index (χ1) is 11.8. The second-order valence-corrected chi connectivity index (χ2v) is 6.06. The Morgan fingerprint density at radius 3 is 2.17 bits per heavy atom. The van der Waals surface area contributed by atoms with E-state index in [1.54, 1.807) is 0 Å². The minimum Gasteiger partial charge on any atom is -0.494 e. The fraction of sp³-hybridized carbons (Fsp3) is 0.350. The summed E-state index contributed by atoms with van der Waals surface area (Å²) in [7, 11) is 0. The van der Waals surface area contributed by atoms with Crippen molar-refractivity contribution in [3.8, 4) is 5.75 Å². The average Bonchev–Trinajstić information content (AvgIpc) is 2.67. The number of piperazine rings is 1. The zero-order chi connectivity index (χ0) is 16.6. The number of nitrogens with zero attached hydrogens (tertiary/aromatic N) is 2. The van der Waals surface area contributed by atoms with Crippen LogP contribution in [0.5, 0.6) is 5.75 Å². The van der Waals surface area contributed by atoms with Crippen LogP contribution in [0.1, 0.15) is 12.0 Å². The van der Waals surface area contributed by atoms with Crippen LogP contribution in [-0.4, -0.2) is 55.0 Å². The lowest BCUT2D eigenvalue weighted by Crippen LogP contribution is -2.49. The number of hydrogen-bond donors (Lipinski definition) is 1. The van der Waals surface area contributed by atoms with E-state index in [9.17, 15) is 0 Å². The molecule has 4 nitrogen and oxygen atoms in total. The van der Waals surface area contributed by atoms with Crippen molar-refractivity contribution in [2.75, 3.05) is 39.3 Å². The third-order valence-electron chi connectivity index (χ3n) is 4.37. The Kier molecular flexibility index (Phi) is 5.85. The number of para-hydroxylation sites is 1. The van der Waals surface area contributed by atoms with E-state index in [-0.39, 0.29) is 0 Å². The van der Waals surface area contributed by atoms with Gasteiger partial charge in [-0.3, -0.25) is 10.3 Å². The Hall–Kier alpha value is -2.33. The molecule has 0 radical (unpaired) electrons. The third kappa shape index (κ3) is 4.59. The van der Waals surface area contributed by atoms with Gasteiger partial charge in [-0.1, -0.05) is 48.5 Å². The van der Waals surface area contributed by atoms with Gasteiger partial charge in [-0.25, -0.2) is 0 Å². The van der Waals surface area contributed by atoms with Crippen molar-refractivity contribution in [3.63, 3.8) is 0 Å². The first-order valence-corrected chi connectivity index (χ1v) is 8.62. The van der Waals surface area contributed by atoms with Gasteiger partial charge in [0.25, 0.3) is 0 Å². The molecule has 24 heavy (non-hydrogen) atoms. The summed E-state index contributed by atoms with van der Waals surface area (Å²) < 4.78 is 5.74. The van der Waals surface area contributed by atoms with Gasteiger partial charge >= 0.3 is 0 Å². The van der Waals surface area contributed by atoms with Crippen LogP contribution in [0.4, 0.5) is 0 Å². The molecule has 1 aliphatic heterocycles. The maximum absolute atomic E-state index is 8.34. The summed E-state index contributed by atoms with van der Waals surface area (Å²) >= 11 is 0. The molecule has 2 aromatic carbocycles. The van der Waals surface area contributed by atoms with Crippen molar-refractivity contribution >= 4 is 5.84 Å². The molecule has 2 aromatic rings. The minimum atomic E-state index is 0.641. The molecule has 0 bridgehead atoms. The zero-order valence-electron chi connectivity index (χ0n) is 14.0. The molecule has 1 saturated heterocycles. The second kappa shape index (κ2) is 8.50. The molecule has 1 aliphatic rings. The average molecular weight is 323 g/mol. The van der Waals surface area contributed by atoms with Crippen LogP contribution in [0.15, 0.2) is 60.7 Å². The molecule has 4 heteroatoms. The fourth-order valence-electron chi connectivity index (χ4n) is 2.97. The summed E-state index contributed by atoms with van der Waals surface area (Å²) in [6, 6.07) is 20.0. The van der Waals surface area contributed by atoms with Gasteiger partial charge in [-0.05, 0) is 18.6 Å². The lowest BCUT2D eigenvalue weighted by molar-refractivity contribution is 0.169. The van der Waals surface area contributed by atoms with E-state index in [1.807, 2.05) is 60.7 Å². The number of hydrogen-bond acceptors (Lipinski definition) is 3. The van der Waals surface area contributed by atoms with Gasteiger partial charge in [0.2, 0.25) is 0 Å². The SMILES string of the molecule is N=C(c1ccccc1)N1CCN(CCCOc2ccccc2)CC1. The largest absolute Gasteiger partial charge is 0.494 e. The maximum atomic E-state index is 8.34. The van der Waals surface area contributed by atoms with Gasteiger partial charge in [0.1, 0.15) is 11.6 Å². The van der Waals surface area contributed by atoms with E-state index >= 15 is 0 Å². The Morgan fingerprint density at radius 1 is 0.875 bits per heavy atom. The summed E-state index contributed by atoms with van der Waals surface area (Å²) in [5, 5.41) is 8.34. The standard InChI is InChI=1S/C20H25N3O/c21-20(18-8-3-1-4-9-18)23-15-13-22(14-16-23)12-7-17-24-19-10-5-2-6-11-19/h1-6,8-11,21H,7,12-17H2. The van der Waals surface area contributed by atoms with Crippen molar-refractivity contribution in [3.05, 3.63) is 66.2 Å². The van der Waals surface area contributed by atoms with Crippen molar-refractivity contribution < 1.29 is 4.74 Å². The molecule has 0 aromatic heterocycles. The first-order valence-electron chi connectivity index (χ1n) is 8.62. The maximum Gasteiger partial charge on any atom is 0.128 e. The quantitative estimate of drug-likeness (QED) is 0.504. The highest BCUT2D eigenvalue weighted by Gasteiger charge is 2.19. The number of ether oxygens (including phenoxy) is 1. The summed E-state index contributed by atoms with van der Waals surface area (Å²) in [6.07, 6.45) is 1.03. The molecule has 126 valence electrons. The third-order valence-corrected chi connectivity index (χ3v) is 4.37. The van der Waals surface area contributed by atoms with E-state index in [2.05, 4.69) is 9.80 Å². The van der Waals surface area contributed by atoms with Gasteiger partial charge < -0.3 is 9.64 Å². The Balaban J connectivity index is 1.36. The van der Waals surface area contributed by atoms with E-state index in [0.29, 0.717) is 5.84 Å². The summed E-state index contributed by atoms with van der Waals surface area (Å²) in [6.45, 7) is 5.69. The van der Waals surface area contributed by atoms with Crippen LogP contribution in [0.3, 0.4) is 0 Å². The normalized spacial score (nSPS) is 15.2. The number of amidine groups is 1. The number of benzene rings is 2. The van der Waals surface area contributed by atoms with Gasteiger partial charge in [0, 0.05) is 38.3 Å². The highest BCUT2D eigenvalue weighted by Crippen LogP contribution is 2.10. The van der Waals surface area contributed by atoms with E-state index in [4.69, 9.17) is 10.1 Å². The molecule has 3 rings (SSSR count). The highest BCUT2D eigenvalue weighted by atomic mass is 16.5. The van der Waals surface area contributed by atoms with Gasteiger partial charge in [-0.2, -0.15) is 0 Å².